The Morgan fingerprint density at radius 2 is 2.09 bits per heavy atom. The summed E-state index contributed by atoms with van der Waals surface area (Å²) in [4.78, 5) is 26.7. The van der Waals surface area contributed by atoms with Crippen molar-refractivity contribution in [2.45, 2.75) is 46.3 Å². The van der Waals surface area contributed by atoms with Crippen LogP contribution in [0, 0.1) is 0 Å². The number of fused-ring (bicyclic) bond motifs is 1. The molecule has 1 aromatic rings. The lowest BCUT2D eigenvalue weighted by atomic mass is 10.0. The Morgan fingerprint density at radius 3 is 2.64 bits per heavy atom. The molecule has 2 rings (SSSR count). The Kier molecular flexibility index (Phi) is 4.77. The Labute approximate surface area is 134 Å². The number of thiophene rings is 1. The van der Waals surface area contributed by atoms with Crippen LogP contribution < -0.4 is 5.32 Å². The average Bonchev–Trinajstić information content (AvgIpc) is 2.72. The van der Waals surface area contributed by atoms with Crippen LogP contribution in [0.5, 0.6) is 0 Å². The highest BCUT2D eigenvalue weighted by Gasteiger charge is 2.29. The Morgan fingerprint density at radius 1 is 1.41 bits per heavy atom. The van der Waals surface area contributed by atoms with Gasteiger partial charge in [-0.25, -0.2) is 9.59 Å². The maximum absolute atomic E-state index is 11.9. The van der Waals surface area contributed by atoms with Gasteiger partial charge in [-0.15, -0.1) is 11.3 Å². The number of carbonyl (C=O) groups is 2. The summed E-state index contributed by atoms with van der Waals surface area (Å²) >= 11 is 1.33. The summed E-state index contributed by atoms with van der Waals surface area (Å²) in [5.41, 5.74) is 0.429. The number of hydrogen-bond donors (Lipinski definition) is 2. The highest BCUT2D eigenvalue weighted by Crippen LogP contribution is 2.37. The van der Waals surface area contributed by atoms with Crippen molar-refractivity contribution in [2.75, 3.05) is 18.4 Å². The molecule has 7 heteroatoms. The minimum Gasteiger partial charge on any atom is -0.478 e. The molecule has 0 radical (unpaired) electrons. The standard InChI is InChI=1S/C15H22N2O4S/c1-5-17-7-6-9-10(8-17)22-12(11(9)13(18)19)16-14(20)21-15(2,3)4/h5-8H2,1-4H3,(H,16,20)(H,18,19). The molecule has 6 nitrogen and oxygen atoms in total. The number of nitrogens with one attached hydrogen (secondary N) is 1. The SMILES string of the molecule is CCN1CCc2c(sc(NC(=O)OC(C)(C)C)c2C(=O)O)C1. The molecule has 0 unspecified atom stereocenters. The van der Waals surface area contributed by atoms with E-state index in [9.17, 15) is 14.7 Å². The highest BCUT2D eigenvalue weighted by atomic mass is 32.1. The normalized spacial score (nSPS) is 15.3. The van der Waals surface area contributed by atoms with Crippen molar-refractivity contribution in [2.24, 2.45) is 0 Å². The van der Waals surface area contributed by atoms with Crippen LogP contribution in [0.1, 0.15) is 48.5 Å². The molecule has 1 aliphatic rings. The van der Waals surface area contributed by atoms with Gasteiger partial charge in [0.2, 0.25) is 0 Å². The Hall–Kier alpha value is -1.60. The van der Waals surface area contributed by atoms with E-state index in [0.717, 1.165) is 30.1 Å². The first-order valence-corrected chi connectivity index (χ1v) is 8.13. The summed E-state index contributed by atoms with van der Waals surface area (Å²) in [6.45, 7) is 9.88. The van der Waals surface area contributed by atoms with Gasteiger partial charge in [-0.3, -0.25) is 10.2 Å². The van der Waals surface area contributed by atoms with Crippen LogP contribution in [0.3, 0.4) is 0 Å². The monoisotopic (exact) mass is 326 g/mol. The van der Waals surface area contributed by atoms with Crippen LogP contribution in [-0.4, -0.2) is 40.8 Å². The van der Waals surface area contributed by atoms with E-state index < -0.39 is 17.7 Å². The van der Waals surface area contributed by atoms with E-state index in [4.69, 9.17) is 4.74 Å². The summed E-state index contributed by atoms with van der Waals surface area (Å²) in [5.74, 6) is -1.01. The first-order chi connectivity index (χ1) is 10.2. The fourth-order valence-electron chi connectivity index (χ4n) is 2.44. The van der Waals surface area contributed by atoms with Gasteiger partial charge in [0.05, 0.1) is 5.56 Å². The highest BCUT2D eigenvalue weighted by molar-refractivity contribution is 7.17. The Bertz CT molecular complexity index is 589. The van der Waals surface area contributed by atoms with E-state index in [1.165, 1.54) is 11.3 Å². The average molecular weight is 326 g/mol. The van der Waals surface area contributed by atoms with Crippen molar-refractivity contribution >= 4 is 28.4 Å². The molecule has 1 aliphatic heterocycles. The quantitative estimate of drug-likeness (QED) is 0.892. The molecule has 0 bridgehead atoms. The summed E-state index contributed by atoms with van der Waals surface area (Å²) in [6.07, 6.45) is 0.0676. The van der Waals surface area contributed by atoms with Gasteiger partial charge in [-0.05, 0) is 39.3 Å². The number of likely N-dealkylation sites (N-methyl/N-ethyl adjacent to an activating group) is 1. The number of nitrogens with zero attached hydrogens (tertiary/aromatic N) is 1. The number of carboxylic acid groups (broad SMARTS) is 1. The van der Waals surface area contributed by atoms with Crippen molar-refractivity contribution in [1.29, 1.82) is 0 Å². The summed E-state index contributed by atoms with van der Waals surface area (Å²) in [6, 6.07) is 0. The van der Waals surface area contributed by atoms with E-state index in [1.807, 2.05) is 0 Å². The number of aromatic carboxylic acids is 1. The lowest BCUT2D eigenvalue weighted by molar-refractivity contribution is 0.0636. The molecular weight excluding hydrogens is 304 g/mol. The van der Waals surface area contributed by atoms with Crippen LogP contribution in [0.25, 0.3) is 0 Å². The van der Waals surface area contributed by atoms with Gasteiger partial charge in [0.1, 0.15) is 10.6 Å². The van der Waals surface area contributed by atoms with Crippen LogP contribution >= 0.6 is 11.3 Å². The van der Waals surface area contributed by atoms with Crippen LogP contribution in [0.4, 0.5) is 9.80 Å². The number of amides is 1. The third-order valence-electron chi connectivity index (χ3n) is 3.41. The molecule has 0 atom stereocenters. The largest absolute Gasteiger partial charge is 0.478 e. The zero-order valence-corrected chi connectivity index (χ0v) is 14.2. The minimum atomic E-state index is -1.01. The first kappa shape index (κ1) is 16.8. The predicted molar refractivity (Wildman–Crippen MR) is 85.8 cm³/mol. The molecule has 2 heterocycles. The molecule has 0 saturated heterocycles. The molecule has 0 fully saturated rings. The number of carboxylic acids is 1. The van der Waals surface area contributed by atoms with Gasteiger partial charge in [-0.1, -0.05) is 6.92 Å². The van der Waals surface area contributed by atoms with Gasteiger partial charge >= 0.3 is 12.1 Å². The van der Waals surface area contributed by atoms with Gasteiger partial charge in [0.25, 0.3) is 0 Å². The fourth-order valence-corrected chi connectivity index (χ4v) is 3.70. The zero-order chi connectivity index (χ0) is 16.5. The van der Waals surface area contributed by atoms with Crippen LogP contribution in [0.15, 0.2) is 0 Å². The molecule has 0 saturated carbocycles. The minimum absolute atomic E-state index is 0.210. The second kappa shape index (κ2) is 6.26. The second-order valence-corrected chi connectivity index (χ2v) is 7.36. The lowest BCUT2D eigenvalue weighted by Gasteiger charge is -2.25. The van der Waals surface area contributed by atoms with Crippen molar-refractivity contribution in [3.8, 4) is 0 Å². The summed E-state index contributed by atoms with van der Waals surface area (Å²) in [7, 11) is 0. The van der Waals surface area contributed by atoms with Crippen LogP contribution in [-0.2, 0) is 17.7 Å². The zero-order valence-electron chi connectivity index (χ0n) is 13.4. The summed E-state index contributed by atoms with van der Waals surface area (Å²) < 4.78 is 5.20. The van der Waals surface area contributed by atoms with Gasteiger partial charge in [0.15, 0.2) is 0 Å². The number of anilines is 1. The number of rotatable bonds is 3. The maximum Gasteiger partial charge on any atom is 0.412 e. The number of hydrogen-bond acceptors (Lipinski definition) is 5. The molecule has 1 amide bonds. The van der Waals surface area contributed by atoms with Crippen molar-refractivity contribution < 1.29 is 19.4 Å². The van der Waals surface area contributed by atoms with Gasteiger partial charge < -0.3 is 9.84 Å². The maximum atomic E-state index is 11.9. The van der Waals surface area contributed by atoms with E-state index in [2.05, 4.69) is 17.1 Å². The van der Waals surface area contributed by atoms with Gasteiger partial charge in [0, 0.05) is 18.0 Å². The van der Waals surface area contributed by atoms with Crippen LogP contribution in [0.2, 0.25) is 0 Å². The molecule has 0 aliphatic carbocycles. The third kappa shape index (κ3) is 3.78. The molecule has 0 spiro atoms. The third-order valence-corrected chi connectivity index (χ3v) is 4.54. The Balaban J connectivity index is 2.26. The van der Waals surface area contributed by atoms with E-state index in [1.54, 1.807) is 20.8 Å². The smallest absolute Gasteiger partial charge is 0.412 e. The van der Waals surface area contributed by atoms with E-state index in [-0.39, 0.29) is 5.56 Å². The molecule has 2 N–H and O–H groups in total. The summed E-state index contributed by atoms with van der Waals surface area (Å²) in [5, 5.41) is 12.4. The predicted octanol–water partition coefficient (Wildman–Crippen LogP) is 3.17. The molecule has 0 aromatic carbocycles. The fraction of sp³-hybridized carbons (Fsp3) is 0.600. The second-order valence-electron chi connectivity index (χ2n) is 6.26. The molecule has 22 heavy (non-hydrogen) atoms. The van der Waals surface area contributed by atoms with Gasteiger partial charge in [-0.2, -0.15) is 0 Å². The van der Waals surface area contributed by atoms with Crippen molar-refractivity contribution in [1.82, 2.24) is 4.90 Å². The molecular formula is C15H22N2O4S. The lowest BCUT2D eigenvalue weighted by Crippen LogP contribution is -2.30. The topological polar surface area (TPSA) is 78.9 Å². The molecule has 122 valence electrons. The van der Waals surface area contributed by atoms with Crippen molar-refractivity contribution in [3.63, 3.8) is 0 Å². The van der Waals surface area contributed by atoms with E-state index in [0.29, 0.717) is 11.4 Å². The molecule has 1 aromatic heterocycles. The number of ether oxygens (including phenoxy) is 1. The number of carbonyl (C=O) groups excluding carboxylic acids is 1. The van der Waals surface area contributed by atoms with Crippen molar-refractivity contribution in [3.05, 3.63) is 16.0 Å². The first-order valence-electron chi connectivity index (χ1n) is 7.31. The van der Waals surface area contributed by atoms with E-state index >= 15 is 0 Å².